The summed E-state index contributed by atoms with van der Waals surface area (Å²) in [6.45, 7) is 0.0788. The molecule has 1 aromatic heterocycles. The first-order chi connectivity index (χ1) is 17.4. The first-order valence-corrected chi connectivity index (χ1v) is 11.4. The summed E-state index contributed by atoms with van der Waals surface area (Å²) in [6.07, 6.45) is 4.31. The number of allylic oxidation sites excluding steroid dienone is 1. The molecular formula is C26H25FN4O5. The van der Waals surface area contributed by atoms with Crippen LogP contribution in [0.4, 0.5) is 9.18 Å². The van der Waals surface area contributed by atoms with Crippen molar-refractivity contribution in [2.24, 2.45) is 0 Å². The van der Waals surface area contributed by atoms with Crippen molar-refractivity contribution < 1.29 is 23.8 Å². The quantitative estimate of drug-likeness (QED) is 0.374. The third kappa shape index (κ3) is 5.77. The van der Waals surface area contributed by atoms with Crippen LogP contribution in [0.5, 0.6) is 5.75 Å². The van der Waals surface area contributed by atoms with E-state index in [-0.39, 0.29) is 25.4 Å². The normalized spacial score (nSPS) is 16.8. The number of carbonyl (C=O) groups excluding carboxylic acids is 2. The summed E-state index contributed by atoms with van der Waals surface area (Å²) < 4.78 is 18.5. The summed E-state index contributed by atoms with van der Waals surface area (Å²) >= 11 is 0. The molecule has 0 saturated carbocycles. The van der Waals surface area contributed by atoms with Gasteiger partial charge >= 0.3 is 6.09 Å². The highest BCUT2D eigenvalue weighted by Crippen LogP contribution is 2.32. The second-order valence-corrected chi connectivity index (χ2v) is 8.40. The minimum atomic E-state index is -1.15. The van der Waals surface area contributed by atoms with Crippen LogP contribution in [0.1, 0.15) is 46.7 Å². The number of hydrogen-bond donors (Lipinski definition) is 4. The highest BCUT2D eigenvalue weighted by Gasteiger charge is 2.38. The predicted molar refractivity (Wildman–Crippen MR) is 129 cm³/mol. The summed E-state index contributed by atoms with van der Waals surface area (Å²) in [5, 5.41) is 15.6. The predicted octanol–water partition coefficient (Wildman–Crippen LogP) is 3.41. The molecule has 4 N–H and O–H groups in total. The van der Waals surface area contributed by atoms with Crippen molar-refractivity contribution in [2.45, 2.75) is 38.0 Å². The van der Waals surface area contributed by atoms with Crippen LogP contribution in [-0.2, 0) is 23.4 Å². The van der Waals surface area contributed by atoms with Gasteiger partial charge in [-0.2, -0.15) is 0 Å². The largest absolute Gasteiger partial charge is 0.501 e. The number of H-pyrrole nitrogens is 1. The van der Waals surface area contributed by atoms with E-state index in [9.17, 15) is 23.9 Å². The third-order valence-electron chi connectivity index (χ3n) is 5.85. The molecule has 1 heterocycles. The molecule has 36 heavy (non-hydrogen) atoms. The van der Waals surface area contributed by atoms with Gasteiger partial charge in [-0.1, -0.05) is 54.6 Å². The Hall–Kier alpha value is -4.47. The van der Waals surface area contributed by atoms with Crippen LogP contribution in [0.3, 0.4) is 0 Å². The van der Waals surface area contributed by atoms with Crippen LogP contribution in [-0.4, -0.2) is 27.1 Å². The number of aromatic hydroxyl groups is 1. The van der Waals surface area contributed by atoms with Gasteiger partial charge < -0.3 is 25.5 Å². The molecule has 0 aliphatic heterocycles. The minimum absolute atomic E-state index is 0.0262. The third-order valence-corrected chi connectivity index (χ3v) is 5.85. The molecule has 9 nitrogen and oxygen atoms in total. The van der Waals surface area contributed by atoms with E-state index < -0.39 is 40.4 Å². The highest BCUT2D eigenvalue weighted by atomic mass is 19.1. The van der Waals surface area contributed by atoms with Crippen molar-refractivity contribution in [2.75, 3.05) is 0 Å². The number of carbonyl (C=O) groups is 2. The topological polar surface area (TPSA) is 133 Å². The molecule has 2 amide bonds. The molecule has 186 valence electrons. The maximum Gasteiger partial charge on any atom is 0.408 e. The number of aromatic nitrogens is 2. The lowest BCUT2D eigenvalue weighted by Gasteiger charge is -2.34. The smallest absolute Gasteiger partial charge is 0.408 e. The molecular weight excluding hydrogens is 467 g/mol. The van der Waals surface area contributed by atoms with E-state index in [1.54, 1.807) is 0 Å². The standard InChI is InChI=1S/C26H25FN4O5/c27-19-11-9-17(10-12-19)15-28-22(33)20-21(32)23(34)30-24(29-20)26(13-5-2-6-14-26)31-25(35)36-16-18-7-3-1-4-8-18/h1-5,7-12,32H,6,13-16H2,(H,28,33)(H,31,35)(H,29,30,34). The minimum Gasteiger partial charge on any atom is -0.501 e. The number of hydrogen-bond acceptors (Lipinski definition) is 6. The zero-order valence-corrected chi connectivity index (χ0v) is 19.3. The number of alkyl carbamates (subject to hydrolysis) is 1. The van der Waals surface area contributed by atoms with Gasteiger partial charge in [-0.25, -0.2) is 14.2 Å². The summed E-state index contributed by atoms with van der Waals surface area (Å²) in [4.78, 5) is 44.7. The summed E-state index contributed by atoms with van der Waals surface area (Å²) in [6, 6.07) is 14.7. The maximum atomic E-state index is 13.1. The van der Waals surface area contributed by atoms with E-state index >= 15 is 0 Å². The molecule has 3 aromatic rings. The Bertz CT molecular complexity index is 1320. The first-order valence-electron chi connectivity index (χ1n) is 11.4. The lowest BCUT2D eigenvalue weighted by Crippen LogP contribution is -2.49. The zero-order valence-electron chi connectivity index (χ0n) is 19.3. The van der Waals surface area contributed by atoms with Crippen LogP contribution in [0.2, 0.25) is 0 Å². The second kappa shape index (κ2) is 10.9. The molecule has 0 spiro atoms. The van der Waals surface area contributed by atoms with Crippen molar-refractivity contribution in [1.29, 1.82) is 0 Å². The Balaban J connectivity index is 1.55. The van der Waals surface area contributed by atoms with Crippen molar-refractivity contribution in [3.05, 3.63) is 106 Å². The molecule has 0 saturated heterocycles. The van der Waals surface area contributed by atoms with Gasteiger partial charge in [-0.3, -0.25) is 9.59 Å². The monoisotopic (exact) mass is 492 g/mol. The van der Waals surface area contributed by atoms with Gasteiger partial charge in [0.2, 0.25) is 5.75 Å². The van der Waals surface area contributed by atoms with Crippen molar-refractivity contribution in [3.63, 3.8) is 0 Å². The van der Waals surface area contributed by atoms with E-state index in [0.717, 1.165) is 5.56 Å². The van der Waals surface area contributed by atoms with Gasteiger partial charge in [0.15, 0.2) is 5.69 Å². The molecule has 4 rings (SSSR count). The summed E-state index contributed by atoms with van der Waals surface area (Å²) in [5.41, 5.74) is -1.13. The van der Waals surface area contributed by atoms with E-state index in [0.29, 0.717) is 18.4 Å². The Labute approximate surface area is 206 Å². The van der Waals surface area contributed by atoms with Crippen LogP contribution >= 0.6 is 0 Å². The van der Waals surface area contributed by atoms with Crippen LogP contribution in [0.25, 0.3) is 0 Å². The average molecular weight is 493 g/mol. The number of rotatable bonds is 7. The van der Waals surface area contributed by atoms with Crippen molar-refractivity contribution in [3.8, 4) is 5.75 Å². The van der Waals surface area contributed by atoms with E-state index in [1.807, 2.05) is 42.5 Å². The number of aromatic amines is 1. The fraction of sp³-hybridized carbons (Fsp3) is 0.231. The molecule has 2 aromatic carbocycles. The molecule has 0 radical (unpaired) electrons. The van der Waals surface area contributed by atoms with Gasteiger partial charge in [0.25, 0.3) is 11.5 Å². The molecule has 1 unspecified atom stereocenters. The van der Waals surface area contributed by atoms with Crippen LogP contribution in [0.15, 0.2) is 71.5 Å². The number of halogens is 1. The number of benzene rings is 2. The first kappa shape index (κ1) is 24.6. The average Bonchev–Trinajstić information content (AvgIpc) is 2.89. The Morgan fingerprint density at radius 3 is 2.53 bits per heavy atom. The maximum absolute atomic E-state index is 13.1. The van der Waals surface area contributed by atoms with Gasteiger partial charge in [0.05, 0.1) is 0 Å². The molecule has 1 aliphatic carbocycles. The fourth-order valence-electron chi connectivity index (χ4n) is 3.90. The van der Waals surface area contributed by atoms with Crippen LogP contribution < -0.4 is 16.2 Å². The van der Waals surface area contributed by atoms with Crippen molar-refractivity contribution in [1.82, 2.24) is 20.6 Å². The summed E-state index contributed by atoms with van der Waals surface area (Å²) in [5.74, 6) is -2.02. The van der Waals surface area contributed by atoms with Crippen LogP contribution in [0, 0.1) is 5.82 Å². The van der Waals surface area contributed by atoms with Gasteiger partial charge in [-0.05, 0) is 42.5 Å². The summed E-state index contributed by atoms with van der Waals surface area (Å²) in [7, 11) is 0. The Morgan fingerprint density at radius 2 is 1.83 bits per heavy atom. The number of nitrogens with one attached hydrogen (secondary N) is 3. The highest BCUT2D eigenvalue weighted by molar-refractivity contribution is 5.94. The Kier molecular flexibility index (Phi) is 7.43. The van der Waals surface area contributed by atoms with Gasteiger partial charge in [0, 0.05) is 6.54 Å². The van der Waals surface area contributed by atoms with Gasteiger partial charge in [-0.15, -0.1) is 0 Å². The second-order valence-electron chi connectivity index (χ2n) is 8.40. The molecule has 0 fully saturated rings. The van der Waals surface area contributed by atoms with Gasteiger partial charge in [0.1, 0.15) is 23.8 Å². The number of amides is 2. The lowest BCUT2D eigenvalue weighted by atomic mass is 9.84. The lowest BCUT2D eigenvalue weighted by molar-refractivity contribution is 0.0941. The molecule has 1 aliphatic rings. The molecule has 10 heteroatoms. The number of ether oxygens (including phenoxy) is 1. The SMILES string of the molecule is O=C(NC1(c2nc(C(=O)NCc3ccc(F)cc3)c(O)c(=O)[nH]2)CC=CCC1)OCc1ccccc1. The van der Waals surface area contributed by atoms with E-state index in [4.69, 9.17) is 4.74 Å². The number of nitrogens with zero attached hydrogens (tertiary/aromatic N) is 1. The Morgan fingerprint density at radius 1 is 1.08 bits per heavy atom. The molecule has 0 bridgehead atoms. The fourth-order valence-corrected chi connectivity index (χ4v) is 3.90. The van der Waals surface area contributed by atoms with Crippen molar-refractivity contribution >= 4 is 12.0 Å². The molecule has 1 atom stereocenters. The van der Waals surface area contributed by atoms with E-state index in [1.165, 1.54) is 24.3 Å². The zero-order chi connectivity index (χ0) is 25.5. The van der Waals surface area contributed by atoms with E-state index in [2.05, 4.69) is 20.6 Å².